The summed E-state index contributed by atoms with van der Waals surface area (Å²) in [5, 5.41) is 4.36. The van der Waals surface area contributed by atoms with Gasteiger partial charge in [0.1, 0.15) is 3.70 Å². The van der Waals surface area contributed by atoms with Crippen LogP contribution >= 0.6 is 22.6 Å². The standard InChI is InChI=1S/C13H15IN2/c14-13-9-11-16(15-13)10-5-4-8-12-6-2-1-3-7-12/h1-3,6-7,9,11H,4-5,8,10H2. The van der Waals surface area contributed by atoms with Crippen LogP contribution in [0.25, 0.3) is 0 Å². The highest BCUT2D eigenvalue weighted by atomic mass is 127. The molecule has 0 aliphatic rings. The zero-order valence-corrected chi connectivity index (χ0v) is 11.3. The lowest BCUT2D eigenvalue weighted by Gasteiger charge is -2.02. The second kappa shape index (κ2) is 6.03. The van der Waals surface area contributed by atoms with E-state index in [1.54, 1.807) is 0 Å². The second-order valence-corrected chi connectivity index (χ2v) is 4.95. The maximum atomic E-state index is 4.36. The predicted octanol–water partition coefficient (Wildman–Crippen LogP) is 3.51. The fourth-order valence-corrected chi connectivity index (χ4v) is 2.15. The summed E-state index contributed by atoms with van der Waals surface area (Å²) < 4.78 is 3.09. The average molecular weight is 326 g/mol. The highest BCUT2D eigenvalue weighted by Crippen LogP contribution is 2.06. The van der Waals surface area contributed by atoms with Crippen LogP contribution in [0.15, 0.2) is 42.6 Å². The molecule has 0 fully saturated rings. The molecule has 0 amide bonds. The van der Waals surface area contributed by atoms with E-state index in [0.29, 0.717) is 0 Å². The molecule has 3 heteroatoms. The summed E-state index contributed by atoms with van der Waals surface area (Å²) in [6.45, 7) is 1.02. The van der Waals surface area contributed by atoms with Gasteiger partial charge in [-0.25, -0.2) is 0 Å². The molecule has 1 heterocycles. The third-order valence-corrected chi connectivity index (χ3v) is 3.13. The molecule has 0 unspecified atom stereocenters. The lowest BCUT2D eigenvalue weighted by molar-refractivity contribution is 0.555. The Morgan fingerprint density at radius 2 is 1.88 bits per heavy atom. The van der Waals surface area contributed by atoms with Crippen molar-refractivity contribution in [2.75, 3.05) is 0 Å². The molecule has 2 aromatic rings. The highest BCUT2D eigenvalue weighted by molar-refractivity contribution is 14.1. The van der Waals surface area contributed by atoms with E-state index in [1.807, 2.05) is 16.9 Å². The van der Waals surface area contributed by atoms with Crippen molar-refractivity contribution >= 4 is 22.6 Å². The summed E-state index contributed by atoms with van der Waals surface area (Å²) in [6, 6.07) is 12.7. The summed E-state index contributed by atoms with van der Waals surface area (Å²) in [5.74, 6) is 0. The fourth-order valence-electron chi connectivity index (χ4n) is 1.71. The average Bonchev–Trinajstić information content (AvgIpc) is 2.72. The molecule has 84 valence electrons. The van der Waals surface area contributed by atoms with Crippen molar-refractivity contribution < 1.29 is 0 Å². The van der Waals surface area contributed by atoms with Crippen LogP contribution in [0.2, 0.25) is 0 Å². The van der Waals surface area contributed by atoms with Crippen molar-refractivity contribution in [3.05, 3.63) is 51.9 Å². The highest BCUT2D eigenvalue weighted by Gasteiger charge is 1.96. The zero-order chi connectivity index (χ0) is 11.2. The first-order valence-corrected chi connectivity index (χ1v) is 6.65. The maximum Gasteiger partial charge on any atom is 0.123 e. The van der Waals surface area contributed by atoms with E-state index in [2.05, 4.69) is 58.0 Å². The molecule has 1 aromatic heterocycles. The van der Waals surface area contributed by atoms with Crippen LogP contribution in [0.4, 0.5) is 0 Å². The molecule has 0 atom stereocenters. The molecule has 1 aromatic carbocycles. The molecule has 0 saturated heterocycles. The van der Waals surface area contributed by atoms with Gasteiger partial charge in [-0.2, -0.15) is 5.10 Å². The number of nitrogens with zero attached hydrogens (tertiary/aromatic N) is 2. The van der Waals surface area contributed by atoms with Gasteiger partial charge in [0.15, 0.2) is 0 Å². The SMILES string of the molecule is Ic1ccn(CCCCc2ccccc2)n1. The van der Waals surface area contributed by atoms with E-state index in [1.165, 1.54) is 24.8 Å². The lowest BCUT2D eigenvalue weighted by Crippen LogP contribution is -1.99. The Morgan fingerprint density at radius 3 is 2.56 bits per heavy atom. The van der Waals surface area contributed by atoms with Crippen LogP contribution in [-0.2, 0) is 13.0 Å². The van der Waals surface area contributed by atoms with E-state index in [9.17, 15) is 0 Å². The van der Waals surface area contributed by atoms with E-state index >= 15 is 0 Å². The number of aromatic nitrogens is 2. The van der Waals surface area contributed by atoms with Crippen molar-refractivity contribution in [2.24, 2.45) is 0 Å². The van der Waals surface area contributed by atoms with Crippen molar-refractivity contribution in [3.63, 3.8) is 0 Å². The Hall–Kier alpha value is -0.840. The van der Waals surface area contributed by atoms with E-state index in [-0.39, 0.29) is 0 Å². The normalized spacial score (nSPS) is 10.6. The first-order valence-electron chi connectivity index (χ1n) is 5.57. The van der Waals surface area contributed by atoms with E-state index in [0.717, 1.165) is 10.2 Å². The fraction of sp³-hybridized carbons (Fsp3) is 0.308. The summed E-state index contributed by atoms with van der Waals surface area (Å²) >= 11 is 2.24. The van der Waals surface area contributed by atoms with Crippen LogP contribution in [0.3, 0.4) is 0 Å². The largest absolute Gasteiger partial charge is 0.272 e. The van der Waals surface area contributed by atoms with Crippen LogP contribution in [-0.4, -0.2) is 9.78 Å². The maximum absolute atomic E-state index is 4.36. The van der Waals surface area contributed by atoms with Gasteiger partial charge in [0.05, 0.1) is 0 Å². The number of aryl methyl sites for hydroxylation is 2. The van der Waals surface area contributed by atoms with E-state index in [4.69, 9.17) is 0 Å². The second-order valence-electron chi connectivity index (χ2n) is 3.84. The number of benzene rings is 1. The van der Waals surface area contributed by atoms with Crippen molar-refractivity contribution in [3.8, 4) is 0 Å². The number of unbranched alkanes of at least 4 members (excludes halogenated alkanes) is 1. The smallest absolute Gasteiger partial charge is 0.123 e. The molecule has 0 spiro atoms. The first kappa shape index (κ1) is 11.6. The molecule has 16 heavy (non-hydrogen) atoms. The minimum Gasteiger partial charge on any atom is -0.272 e. The minimum absolute atomic E-state index is 1.02. The molecule has 0 radical (unpaired) electrons. The summed E-state index contributed by atoms with van der Waals surface area (Å²) in [6.07, 6.45) is 5.62. The molecule has 2 rings (SSSR count). The molecule has 0 N–H and O–H groups in total. The van der Waals surface area contributed by atoms with Gasteiger partial charge in [-0.1, -0.05) is 30.3 Å². The summed E-state index contributed by atoms with van der Waals surface area (Å²) in [7, 11) is 0. The summed E-state index contributed by atoms with van der Waals surface area (Å²) in [4.78, 5) is 0. The third-order valence-electron chi connectivity index (χ3n) is 2.55. The van der Waals surface area contributed by atoms with E-state index < -0.39 is 0 Å². The quantitative estimate of drug-likeness (QED) is 0.607. The van der Waals surface area contributed by atoms with Gasteiger partial charge in [0.25, 0.3) is 0 Å². The van der Waals surface area contributed by atoms with Gasteiger partial charge in [-0.15, -0.1) is 0 Å². The molecular weight excluding hydrogens is 311 g/mol. The topological polar surface area (TPSA) is 17.8 Å². The third kappa shape index (κ3) is 3.63. The molecule has 0 bridgehead atoms. The number of hydrogen-bond acceptors (Lipinski definition) is 1. The van der Waals surface area contributed by atoms with Crippen molar-refractivity contribution in [2.45, 2.75) is 25.8 Å². The number of halogens is 1. The van der Waals surface area contributed by atoms with Gasteiger partial charge in [-0.05, 0) is 53.5 Å². The van der Waals surface area contributed by atoms with Gasteiger partial charge in [0.2, 0.25) is 0 Å². The van der Waals surface area contributed by atoms with Crippen LogP contribution in [0.1, 0.15) is 18.4 Å². The Labute approximate surface area is 110 Å². The zero-order valence-electron chi connectivity index (χ0n) is 9.14. The Kier molecular flexibility index (Phi) is 4.39. The van der Waals surface area contributed by atoms with Crippen LogP contribution in [0.5, 0.6) is 0 Å². The number of rotatable bonds is 5. The summed E-state index contributed by atoms with van der Waals surface area (Å²) in [5.41, 5.74) is 1.43. The molecule has 0 saturated carbocycles. The van der Waals surface area contributed by atoms with Gasteiger partial charge < -0.3 is 0 Å². The lowest BCUT2D eigenvalue weighted by atomic mass is 10.1. The van der Waals surface area contributed by atoms with Crippen LogP contribution < -0.4 is 0 Å². The molecule has 2 nitrogen and oxygen atoms in total. The molecular formula is C13H15IN2. The predicted molar refractivity (Wildman–Crippen MR) is 74.3 cm³/mol. The first-order chi connectivity index (χ1) is 7.84. The molecule has 0 aliphatic carbocycles. The molecule has 0 aliphatic heterocycles. The Balaban J connectivity index is 1.69. The number of hydrogen-bond donors (Lipinski definition) is 0. The van der Waals surface area contributed by atoms with Gasteiger partial charge in [-0.3, -0.25) is 4.68 Å². The van der Waals surface area contributed by atoms with Gasteiger partial charge >= 0.3 is 0 Å². The van der Waals surface area contributed by atoms with Crippen molar-refractivity contribution in [1.82, 2.24) is 9.78 Å². The minimum atomic E-state index is 1.02. The van der Waals surface area contributed by atoms with Crippen LogP contribution in [0, 0.1) is 3.70 Å². The monoisotopic (exact) mass is 326 g/mol. The Morgan fingerprint density at radius 1 is 1.06 bits per heavy atom. The van der Waals surface area contributed by atoms with Crippen molar-refractivity contribution in [1.29, 1.82) is 0 Å². The van der Waals surface area contributed by atoms with Gasteiger partial charge in [0, 0.05) is 12.7 Å². The Bertz CT molecular complexity index is 423.